The van der Waals surface area contributed by atoms with Crippen LogP contribution < -0.4 is 10.6 Å². The highest BCUT2D eigenvalue weighted by atomic mass is 16.1. The van der Waals surface area contributed by atoms with Crippen molar-refractivity contribution in [3.63, 3.8) is 0 Å². The molecular formula is C16H26N4O. The van der Waals surface area contributed by atoms with Crippen molar-refractivity contribution < 1.29 is 4.79 Å². The van der Waals surface area contributed by atoms with E-state index in [1.165, 1.54) is 37.8 Å². The van der Waals surface area contributed by atoms with E-state index in [2.05, 4.69) is 16.8 Å². The molecular weight excluding hydrogens is 264 g/mol. The van der Waals surface area contributed by atoms with E-state index in [0.717, 1.165) is 25.1 Å². The lowest BCUT2D eigenvalue weighted by atomic mass is 9.86. The summed E-state index contributed by atoms with van der Waals surface area (Å²) in [6.07, 6.45) is 11.2. The van der Waals surface area contributed by atoms with Crippen LogP contribution in [-0.2, 0) is 11.8 Å². The standard InChI is InChI=1S/C16H26N4O/c1-20-11-14(16(19-20)12-6-3-2-4-7-12)18-13-8-5-9-17-15(21)10-13/h11-13,18H,2-10H2,1H3,(H,17,21). The van der Waals surface area contributed by atoms with Gasteiger partial charge in [0.05, 0.1) is 11.4 Å². The zero-order chi connectivity index (χ0) is 14.7. The molecule has 116 valence electrons. The number of amides is 1. The third kappa shape index (κ3) is 3.57. The van der Waals surface area contributed by atoms with Crippen LogP contribution in [-0.4, -0.2) is 28.3 Å². The Morgan fingerprint density at radius 3 is 2.86 bits per heavy atom. The predicted octanol–water partition coefficient (Wildman–Crippen LogP) is 2.55. The summed E-state index contributed by atoms with van der Waals surface area (Å²) in [4.78, 5) is 11.7. The summed E-state index contributed by atoms with van der Waals surface area (Å²) in [5.74, 6) is 0.746. The number of hydrogen-bond acceptors (Lipinski definition) is 3. The topological polar surface area (TPSA) is 59.0 Å². The number of aryl methyl sites for hydroxylation is 1. The molecule has 2 aliphatic rings. The van der Waals surface area contributed by atoms with Gasteiger partial charge in [-0.05, 0) is 25.7 Å². The molecule has 3 rings (SSSR count). The fourth-order valence-corrected chi connectivity index (χ4v) is 3.61. The lowest BCUT2D eigenvalue weighted by molar-refractivity contribution is -0.120. The van der Waals surface area contributed by atoms with Crippen LogP contribution in [0.15, 0.2) is 6.20 Å². The quantitative estimate of drug-likeness (QED) is 0.899. The maximum absolute atomic E-state index is 11.7. The fraction of sp³-hybridized carbons (Fsp3) is 0.750. The summed E-state index contributed by atoms with van der Waals surface area (Å²) in [5.41, 5.74) is 2.35. The number of carbonyl (C=O) groups excluding carboxylic acids is 1. The SMILES string of the molecule is Cn1cc(NC2CCCNC(=O)C2)c(C2CCCCC2)n1. The van der Waals surface area contributed by atoms with Crippen LogP contribution in [0.5, 0.6) is 0 Å². The van der Waals surface area contributed by atoms with Crippen LogP contribution in [0.1, 0.15) is 63.0 Å². The summed E-state index contributed by atoms with van der Waals surface area (Å²) in [7, 11) is 1.98. The second kappa shape index (κ2) is 6.50. The molecule has 1 atom stereocenters. The third-order valence-electron chi connectivity index (χ3n) is 4.69. The van der Waals surface area contributed by atoms with E-state index in [-0.39, 0.29) is 11.9 Å². The van der Waals surface area contributed by atoms with Gasteiger partial charge < -0.3 is 10.6 Å². The highest BCUT2D eigenvalue weighted by Gasteiger charge is 2.24. The molecule has 1 aliphatic heterocycles. The Bertz CT molecular complexity index is 490. The lowest BCUT2D eigenvalue weighted by Crippen LogP contribution is -2.27. The Hall–Kier alpha value is -1.52. The maximum Gasteiger partial charge on any atom is 0.222 e. The van der Waals surface area contributed by atoms with E-state index in [1.54, 1.807) is 0 Å². The van der Waals surface area contributed by atoms with Crippen LogP contribution in [0, 0.1) is 0 Å². The Balaban J connectivity index is 1.73. The van der Waals surface area contributed by atoms with Crippen molar-refractivity contribution in [2.24, 2.45) is 7.05 Å². The second-order valence-electron chi connectivity index (χ2n) is 6.47. The molecule has 1 saturated carbocycles. The zero-order valence-corrected chi connectivity index (χ0v) is 12.9. The number of aromatic nitrogens is 2. The number of carbonyl (C=O) groups is 1. The van der Waals surface area contributed by atoms with Gasteiger partial charge in [-0.3, -0.25) is 9.48 Å². The predicted molar refractivity (Wildman–Crippen MR) is 83.3 cm³/mol. The summed E-state index contributed by atoms with van der Waals surface area (Å²) < 4.78 is 1.91. The molecule has 5 heteroatoms. The van der Waals surface area contributed by atoms with Gasteiger partial charge in [-0.1, -0.05) is 19.3 Å². The number of nitrogens with one attached hydrogen (secondary N) is 2. The van der Waals surface area contributed by atoms with E-state index >= 15 is 0 Å². The van der Waals surface area contributed by atoms with Crippen molar-refractivity contribution in [1.29, 1.82) is 0 Å². The molecule has 21 heavy (non-hydrogen) atoms. The van der Waals surface area contributed by atoms with E-state index in [1.807, 2.05) is 11.7 Å². The minimum atomic E-state index is 0.160. The molecule has 1 aliphatic carbocycles. The normalized spacial score (nSPS) is 24.4. The van der Waals surface area contributed by atoms with E-state index in [0.29, 0.717) is 12.3 Å². The van der Waals surface area contributed by atoms with Gasteiger partial charge in [0, 0.05) is 38.2 Å². The van der Waals surface area contributed by atoms with E-state index in [9.17, 15) is 4.79 Å². The van der Waals surface area contributed by atoms with Crippen molar-refractivity contribution >= 4 is 11.6 Å². The molecule has 2 heterocycles. The molecule has 1 aromatic rings. The second-order valence-corrected chi connectivity index (χ2v) is 6.47. The fourth-order valence-electron chi connectivity index (χ4n) is 3.61. The summed E-state index contributed by atoms with van der Waals surface area (Å²) in [6.45, 7) is 0.805. The van der Waals surface area contributed by atoms with Crippen LogP contribution in [0.25, 0.3) is 0 Å². The first-order valence-electron chi connectivity index (χ1n) is 8.29. The zero-order valence-electron chi connectivity index (χ0n) is 12.9. The van der Waals surface area contributed by atoms with E-state index < -0.39 is 0 Å². The average molecular weight is 290 g/mol. The average Bonchev–Trinajstić information content (AvgIpc) is 2.71. The molecule has 0 bridgehead atoms. The molecule has 0 spiro atoms. The lowest BCUT2D eigenvalue weighted by Gasteiger charge is -2.23. The third-order valence-corrected chi connectivity index (χ3v) is 4.69. The van der Waals surface area contributed by atoms with Gasteiger partial charge in [-0.15, -0.1) is 0 Å². The molecule has 1 aromatic heterocycles. The highest BCUT2D eigenvalue weighted by Crippen LogP contribution is 2.35. The first-order chi connectivity index (χ1) is 10.2. The van der Waals surface area contributed by atoms with Gasteiger partial charge in [-0.2, -0.15) is 5.10 Å². The molecule has 5 nitrogen and oxygen atoms in total. The molecule has 1 amide bonds. The molecule has 2 fully saturated rings. The monoisotopic (exact) mass is 290 g/mol. The van der Waals surface area contributed by atoms with Crippen LogP contribution in [0.4, 0.5) is 5.69 Å². The minimum absolute atomic E-state index is 0.160. The van der Waals surface area contributed by atoms with Crippen molar-refractivity contribution in [1.82, 2.24) is 15.1 Å². The first-order valence-corrected chi connectivity index (χ1v) is 8.29. The molecule has 1 unspecified atom stereocenters. The van der Waals surface area contributed by atoms with Crippen molar-refractivity contribution in [2.75, 3.05) is 11.9 Å². The first kappa shape index (κ1) is 14.4. The molecule has 0 radical (unpaired) electrons. The minimum Gasteiger partial charge on any atom is -0.379 e. The summed E-state index contributed by atoms with van der Waals surface area (Å²) >= 11 is 0. The Kier molecular flexibility index (Phi) is 4.46. The van der Waals surface area contributed by atoms with E-state index in [4.69, 9.17) is 5.10 Å². The highest BCUT2D eigenvalue weighted by molar-refractivity contribution is 5.77. The van der Waals surface area contributed by atoms with Crippen LogP contribution in [0.3, 0.4) is 0 Å². The van der Waals surface area contributed by atoms with Crippen LogP contribution in [0.2, 0.25) is 0 Å². The van der Waals surface area contributed by atoms with Crippen LogP contribution >= 0.6 is 0 Å². The summed E-state index contributed by atoms with van der Waals surface area (Å²) in [6, 6.07) is 0.235. The van der Waals surface area contributed by atoms with Crippen molar-refractivity contribution in [3.8, 4) is 0 Å². The number of nitrogens with zero attached hydrogens (tertiary/aromatic N) is 2. The molecule has 1 saturated heterocycles. The number of hydrogen-bond donors (Lipinski definition) is 2. The van der Waals surface area contributed by atoms with Gasteiger partial charge in [0.15, 0.2) is 0 Å². The largest absolute Gasteiger partial charge is 0.379 e. The Labute approximate surface area is 126 Å². The van der Waals surface area contributed by atoms with Gasteiger partial charge in [0.2, 0.25) is 5.91 Å². The number of anilines is 1. The summed E-state index contributed by atoms with van der Waals surface area (Å²) in [5, 5.41) is 11.2. The Morgan fingerprint density at radius 1 is 1.24 bits per heavy atom. The van der Waals surface area contributed by atoms with Gasteiger partial charge >= 0.3 is 0 Å². The van der Waals surface area contributed by atoms with Gasteiger partial charge in [0.1, 0.15) is 0 Å². The Morgan fingerprint density at radius 2 is 2.05 bits per heavy atom. The smallest absolute Gasteiger partial charge is 0.222 e. The maximum atomic E-state index is 11.7. The van der Waals surface area contributed by atoms with Gasteiger partial charge in [0.25, 0.3) is 0 Å². The molecule has 2 N–H and O–H groups in total. The van der Waals surface area contributed by atoms with Crippen molar-refractivity contribution in [3.05, 3.63) is 11.9 Å². The van der Waals surface area contributed by atoms with Crippen molar-refractivity contribution in [2.45, 2.75) is 63.3 Å². The number of rotatable bonds is 3. The van der Waals surface area contributed by atoms with Gasteiger partial charge in [-0.25, -0.2) is 0 Å². The molecule has 0 aromatic carbocycles.